The molecule has 2 atom stereocenters. The summed E-state index contributed by atoms with van der Waals surface area (Å²) in [6.45, 7) is 4.88. The quantitative estimate of drug-likeness (QED) is 0.834. The molecule has 18 heavy (non-hydrogen) atoms. The molecule has 1 amide bonds. The fraction of sp³-hybridized carbons (Fsp3) is 0.538. The molecule has 0 saturated carbocycles. The van der Waals surface area contributed by atoms with E-state index in [0.29, 0.717) is 23.8 Å². The molecule has 1 aromatic heterocycles. The number of aliphatic hydroxyl groups excluding tert-OH is 1. The van der Waals surface area contributed by atoms with E-state index in [9.17, 15) is 9.90 Å². The van der Waals surface area contributed by atoms with Gasteiger partial charge in [-0.25, -0.2) is 4.98 Å². The molecule has 0 bridgehead atoms. The third-order valence-electron chi connectivity index (χ3n) is 3.36. The van der Waals surface area contributed by atoms with Crippen LogP contribution in [0.5, 0.6) is 0 Å². The Morgan fingerprint density at radius 2 is 2.33 bits per heavy atom. The SMILES string of the molecule is Cc1cc(C(=O)N2CCC(C(C)O)C2)cc(Cl)n1. The molecule has 2 heterocycles. The number of halogens is 1. The lowest BCUT2D eigenvalue weighted by atomic mass is 10.0. The molecular formula is C13H17ClN2O2. The smallest absolute Gasteiger partial charge is 0.254 e. The van der Waals surface area contributed by atoms with Gasteiger partial charge in [0.25, 0.3) is 5.91 Å². The van der Waals surface area contributed by atoms with Gasteiger partial charge in [0, 0.05) is 30.3 Å². The molecule has 1 aliphatic heterocycles. The molecule has 0 aromatic carbocycles. The molecule has 0 spiro atoms. The lowest BCUT2D eigenvalue weighted by Gasteiger charge is -2.18. The summed E-state index contributed by atoms with van der Waals surface area (Å²) in [5.41, 5.74) is 1.30. The fourth-order valence-corrected chi connectivity index (χ4v) is 2.55. The number of rotatable bonds is 2. The van der Waals surface area contributed by atoms with E-state index in [-0.39, 0.29) is 17.9 Å². The monoisotopic (exact) mass is 268 g/mol. The first-order valence-corrected chi connectivity index (χ1v) is 6.46. The number of pyridine rings is 1. The predicted octanol–water partition coefficient (Wildman–Crippen LogP) is 1.89. The highest BCUT2D eigenvalue weighted by molar-refractivity contribution is 6.29. The van der Waals surface area contributed by atoms with Gasteiger partial charge in [-0.2, -0.15) is 0 Å². The van der Waals surface area contributed by atoms with E-state index >= 15 is 0 Å². The Kier molecular flexibility index (Phi) is 3.88. The van der Waals surface area contributed by atoms with Crippen molar-refractivity contribution in [2.75, 3.05) is 13.1 Å². The minimum atomic E-state index is -0.370. The van der Waals surface area contributed by atoms with E-state index in [1.807, 2.05) is 6.92 Å². The molecule has 1 N–H and O–H groups in total. The van der Waals surface area contributed by atoms with Gasteiger partial charge in [0.05, 0.1) is 6.10 Å². The second kappa shape index (κ2) is 5.24. The summed E-state index contributed by atoms with van der Waals surface area (Å²) in [5, 5.41) is 9.88. The van der Waals surface area contributed by atoms with Crippen molar-refractivity contribution in [1.29, 1.82) is 0 Å². The van der Waals surface area contributed by atoms with Gasteiger partial charge in [0.2, 0.25) is 0 Å². The van der Waals surface area contributed by atoms with Crippen molar-refractivity contribution in [2.45, 2.75) is 26.4 Å². The normalized spacial score (nSPS) is 21.1. The number of nitrogens with zero attached hydrogens (tertiary/aromatic N) is 2. The highest BCUT2D eigenvalue weighted by Gasteiger charge is 2.29. The minimum Gasteiger partial charge on any atom is -0.393 e. The van der Waals surface area contributed by atoms with Crippen LogP contribution < -0.4 is 0 Å². The first-order valence-electron chi connectivity index (χ1n) is 6.09. The van der Waals surface area contributed by atoms with Gasteiger partial charge in [0.15, 0.2) is 0 Å². The molecule has 1 aliphatic rings. The van der Waals surface area contributed by atoms with Crippen LogP contribution in [0.25, 0.3) is 0 Å². The first kappa shape index (κ1) is 13.3. The van der Waals surface area contributed by atoms with Crippen LogP contribution in [-0.4, -0.2) is 40.1 Å². The van der Waals surface area contributed by atoms with E-state index in [1.165, 1.54) is 0 Å². The van der Waals surface area contributed by atoms with Crippen molar-refractivity contribution >= 4 is 17.5 Å². The second-order valence-corrected chi connectivity index (χ2v) is 5.25. The van der Waals surface area contributed by atoms with Gasteiger partial charge in [-0.15, -0.1) is 0 Å². The van der Waals surface area contributed by atoms with Crippen molar-refractivity contribution in [1.82, 2.24) is 9.88 Å². The van der Waals surface area contributed by atoms with Gasteiger partial charge < -0.3 is 10.0 Å². The zero-order chi connectivity index (χ0) is 13.3. The largest absolute Gasteiger partial charge is 0.393 e. The first-order chi connectivity index (χ1) is 8.47. The third kappa shape index (κ3) is 2.82. The van der Waals surface area contributed by atoms with Crippen molar-refractivity contribution in [3.8, 4) is 0 Å². The molecule has 2 unspecified atom stereocenters. The van der Waals surface area contributed by atoms with Crippen LogP contribution in [0.15, 0.2) is 12.1 Å². The maximum Gasteiger partial charge on any atom is 0.254 e. The van der Waals surface area contributed by atoms with Crippen LogP contribution in [0.3, 0.4) is 0 Å². The lowest BCUT2D eigenvalue weighted by Crippen LogP contribution is -2.30. The summed E-state index contributed by atoms with van der Waals surface area (Å²) in [7, 11) is 0. The van der Waals surface area contributed by atoms with Gasteiger partial charge in [-0.05, 0) is 32.4 Å². The Morgan fingerprint density at radius 3 is 2.89 bits per heavy atom. The summed E-state index contributed by atoms with van der Waals surface area (Å²) in [5.74, 6) is 0.137. The number of likely N-dealkylation sites (tertiary alicyclic amines) is 1. The van der Waals surface area contributed by atoms with Gasteiger partial charge in [0.1, 0.15) is 5.15 Å². The Bertz CT molecular complexity index is 442. The number of aromatic nitrogens is 1. The van der Waals surface area contributed by atoms with E-state index < -0.39 is 0 Å². The van der Waals surface area contributed by atoms with Crippen LogP contribution in [-0.2, 0) is 0 Å². The second-order valence-electron chi connectivity index (χ2n) is 4.86. The van der Waals surface area contributed by atoms with Crippen LogP contribution in [0, 0.1) is 12.8 Å². The maximum absolute atomic E-state index is 12.3. The van der Waals surface area contributed by atoms with E-state index in [4.69, 9.17) is 11.6 Å². The lowest BCUT2D eigenvalue weighted by molar-refractivity contribution is 0.0762. The van der Waals surface area contributed by atoms with Crippen LogP contribution in [0.1, 0.15) is 29.4 Å². The summed E-state index contributed by atoms with van der Waals surface area (Å²) in [6.07, 6.45) is 0.479. The molecule has 5 heteroatoms. The number of hydrogen-bond donors (Lipinski definition) is 1. The Morgan fingerprint density at radius 1 is 1.61 bits per heavy atom. The predicted molar refractivity (Wildman–Crippen MR) is 69.7 cm³/mol. The van der Waals surface area contributed by atoms with Crippen LogP contribution >= 0.6 is 11.6 Å². The summed E-state index contributed by atoms with van der Waals surface area (Å²) >= 11 is 5.86. The van der Waals surface area contributed by atoms with E-state index in [0.717, 1.165) is 12.1 Å². The summed E-state index contributed by atoms with van der Waals surface area (Å²) in [6, 6.07) is 3.33. The van der Waals surface area contributed by atoms with Crippen LogP contribution in [0.2, 0.25) is 5.15 Å². The number of amides is 1. The molecule has 4 nitrogen and oxygen atoms in total. The van der Waals surface area contributed by atoms with Crippen molar-refractivity contribution in [3.63, 3.8) is 0 Å². The average molecular weight is 269 g/mol. The van der Waals surface area contributed by atoms with Gasteiger partial charge in [-0.3, -0.25) is 4.79 Å². The van der Waals surface area contributed by atoms with Gasteiger partial charge in [-0.1, -0.05) is 11.6 Å². The van der Waals surface area contributed by atoms with Crippen LogP contribution in [0.4, 0.5) is 0 Å². The number of carbonyl (C=O) groups excluding carboxylic acids is 1. The Labute approximate surface area is 112 Å². The number of hydrogen-bond acceptors (Lipinski definition) is 3. The molecule has 1 fully saturated rings. The molecular weight excluding hydrogens is 252 g/mol. The fourth-order valence-electron chi connectivity index (χ4n) is 2.30. The highest BCUT2D eigenvalue weighted by atomic mass is 35.5. The Balaban J connectivity index is 2.12. The molecule has 0 aliphatic carbocycles. The Hall–Kier alpha value is -1.13. The average Bonchev–Trinajstić information content (AvgIpc) is 2.75. The van der Waals surface area contributed by atoms with E-state index in [1.54, 1.807) is 24.0 Å². The summed E-state index contributed by atoms with van der Waals surface area (Å²) < 4.78 is 0. The number of carbonyl (C=O) groups is 1. The zero-order valence-electron chi connectivity index (χ0n) is 10.6. The zero-order valence-corrected chi connectivity index (χ0v) is 11.3. The minimum absolute atomic E-state index is 0.0365. The van der Waals surface area contributed by atoms with Gasteiger partial charge >= 0.3 is 0 Å². The number of aliphatic hydroxyl groups is 1. The maximum atomic E-state index is 12.3. The van der Waals surface area contributed by atoms with Crippen molar-refractivity contribution < 1.29 is 9.90 Å². The topological polar surface area (TPSA) is 53.4 Å². The van der Waals surface area contributed by atoms with Crippen molar-refractivity contribution in [3.05, 3.63) is 28.5 Å². The van der Waals surface area contributed by atoms with E-state index in [2.05, 4.69) is 4.98 Å². The molecule has 2 rings (SSSR count). The molecule has 98 valence electrons. The standard InChI is InChI=1S/C13H17ClN2O2/c1-8-5-11(6-12(14)15-8)13(18)16-4-3-10(7-16)9(2)17/h5-6,9-10,17H,3-4,7H2,1-2H3. The highest BCUT2D eigenvalue weighted by Crippen LogP contribution is 2.22. The molecule has 0 radical (unpaired) electrons. The summed E-state index contributed by atoms with van der Waals surface area (Å²) in [4.78, 5) is 18.1. The number of aryl methyl sites for hydroxylation is 1. The van der Waals surface area contributed by atoms with Crippen molar-refractivity contribution in [2.24, 2.45) is 5.92 Å². The molecule has 1 aromatic rings. The third-order valence-corrected chi connectivity index (χ3v) is 3.56. The molecule has 1 saturated heterocycles.